The highest BCUT2D eigenvalue weighted by Crippen LogP contribution is 2.28. The van der Waals surface area contributed by atoms with Gasteiger partial charge in [0.2, 0.25) is 5.91 Å². The molecule has 7 nitrogen and oxygen atoms in total. The lowest BCUT2D eigenvalue weighted by Gasteiger charge is -2.16. The molecule has 2 aromatic heterocycles. The van der Waals surface area contributed by atoms with E-state index >= 15 is 0 Å². The molecule has 2 N–H and O–H groups in total. The van der Waals surface area contributed by atoms with E-state index < -0.39 is 0 Å². The summed E-state index contributed by atoms with van der Waals surface area (Å²) in [6, 6.07) is 17.8. The summed E-state index contributed by atoms with van der Waals surface area (Å²) in [4.78, 5) is 18.1. The second-order valence-corrected chi connectivity index (χ2v) is 8.45. The van der Waals surface area contributed by atoms with Crippen LogP contribution in [0.4, 0.5) is 0 Å². The van der Waals surface area contributed by atoms with Crippen molar-refractivity contribution in [2.45, 2.75) is 25.2 Å². The molecule has 1 saturated heterocycles. The molecule has 4 aromatic rings. The predicted octanol–water partition coefficient (Wildman–Crippen LogP) is 4.08. The van der Waals surface area contributed by atoms with Crippen LogP contribution in [0.15, 0.2) is 60.8 Å². The molecule has 7 heteroatoms. The van der Waals surface area contributed by atoms with E-state index in [2.05, 4.69) is 27.3 Å². The van der Waals surface area contributed by atoms with Crippen molar-refractivity contribution in [3.05, 3.63) is 77.7 Å². The number of hydrogen-bond donors (Lipinski definition) is 2. The van der Waals surface area contributed by atoms with Gasteiger partial charge in [-0.1, -0.05) is 18.2 Å². The van der Waals surface area contributed by atoms with E-state index in [1.165, 1.54) is 0 Å². The normalized spacial score (nSPS) is 15.8. The van der Waals surface area contributed by atoms with Crippen molar-refractivity contribution in [2.75, 3.05) is 26.8 Å². The van der Waals surface area contributed by atoms with Crippen LogP contribution in [0.2, 0.25) is 0 Å². The lowest BCUT2D eigenvalue weighted by Crippen LogP contribution is -2.29. The Morgan fingerprint density at radius 3 is 2.82 bits per heavy atom. The molecule has 0 unspecified atom stereocenters. The highest BCUT2D eigenvalue weighted by Gasteiger charge is 2.29. The molecule has 5 rings (SSSR count). The van der Waals surface area contributed by atoms with E-state index in [0.29, 0.717) is 19.6 Å². The number of likely N-dealkylation sites (tertiary alicyclic amines) is 1. The second kappa shape index (κ2) is 9.40. The summed E-state index contributed by atoms with van der Waals surface area (Å²) in [5, 5.41) is 8.77. The number of carbonyl (C=O) groups excluding carboxylic acids is 1. The van der Waals surface area contributed by atoms with Crippen molar-refractivity contribution in [3.8, 4) is 11.5 Å². The van der Waals surface area contributed by atoms with Gasteiger partial charge in [-0.15, -0.1) is 0 Å². The molecule has 0 bridgehead atoms. The molecule has 2 aromatic carbocycles. The van der Waals surface area contributed by atoms with Gasteiger partial charge in [0.05, 0.1) is 25.8 Å². The van der Waals surface area contributed by atoms with E-state index in [1.807, 2.05) is 53.6 Å². The molecule has 0 spiro atoms. The quantitative estimate of drug-likeness (QED) is 0.429. The van der Waals surface area contributed by atoms with E-state index in [0.717, 1.165) is 58.7 Å². The summed E-state index contributed by atoms with van der Waals surface area (Å²) < 4.78 is 11.0. The zero-order valence-electron chi connectivity index (χ0n) is 18.7. The number of amides is 1. The summed E-state index contributed by atoms with van der Waals surface area (Å²) in [6.07, 6.45) is 4.05. The first-order chi connectivity index (χ1) is 16.2. The average molecular weight is 445 g/mol. The van der Waals surface area contributed by atoms with Crippen LogP contribution in [-0.4, -0.2) is 52.8 Å². The summed E-state index contributed by atoms with van der Waals surface area (Å²) in [5.41, 5.74) is 4.19. The van der Waals surface area contributed by atoms with Gasteiger partial charge in [-0.25, -0.2) is 0 Å². The first kappa shape index (κ1) is 21.1. The average Bonchev–Trinajstić information content (AvgIpc) is 3.60. The molecule has 1 aliphatic heterocycles. The number of fused-ring (bicyclic) bond motifs is 1. The first-order valence-electron chi connectivity index (χ1n) is 11.3. The number of rotatable bonds is 8. The topological polar surface area (TPSA) is 83.2 Å². The minimum absolute atomic E-state index is 0.172. The molecule has 1 aliphatic rings. The third-order valence-corrected chi connectivity index (χ3v) is 6.33. The third-order valence-electron chi connectivity index (χ3n) is 6.33. The van der Waals surface area contributed by atoms with Crippen LogP contribution < -0.4 is 9.47 Å². The van der Waals surface area contributed by atoms with Crippen LogP contribution in [0.25, 0.3) is 10.9 Å². The number of ether oxygens (including phenoxy) is 2. The number of aromatic nitrogens is 3. The number of aromatic amines is 2. The van der Waals surface area contributed by atoms with Crippen molar-refractivity contribution in [1.29, 1.82) is 0 Å². The van der Waals surface area contributed by atoms with Gasteiger partial charge in [0.25, 0.3) is 0 Å². The summed E-state index contributed by atoms with van der Waals surface area (Å²) in [5.74, 6) is 2.07. The number of hydrogen-bond acceptors (Lipinski definition) is 4. The minimum atomic E-state index is 0.172. The largest absolute Gasteiger partial charge is 0.497 e. The molecular formula is C26H28N4O3. The van der Waals surface area contributed by atoms with Gasteiger partial charge in [0, 0.05) is 48.2 Å². The van der Waals surface area contributed by atoms with Gasteiger partial charge in [-0.3, -0.25) is 9.89 Å². The Morgan fingerprint density at radius 1 is 1.15 bits per heavy atom. The fraction of sp³-hybridized carbons (Fsp3) is 0.308. The molecule has 1 fully saturated rings. The number of methoxy groups -OCH3 is 1. The Morgan fingerprint density at radius 2 is 1.97 bits per heavy atom. The lowest BCUT2D eigenvalue weighted by molar-refractivity contribution is -0.129. The molecule has 3 heterocycles. The molecule has 1 atom stereocenters. The van der Waals surface area contributed by atoms with E-state index in [1.54, 1.807) is 7.11 Å². The highest BCUT2D eigenvalue weighted by atomic mass is 16.5. The number of nitrogens with zero attached hydrogens (tertiary/aromatic N) is 2. The second-order valence-electron chi connectivity index (χ2n) is 8.45. The van der Waals surface area contributed by atoms with Gasteiger partial charge in [0.1, 0.15) is 11.5 Å². The fourth-order valence-corrected chi connectivity index (χ4v) is 4.45. The van der Waals surface area contributed by atoms with Crippen LogP contribution in [0.5, 0.6) is 11.5 Å². The zero-order valence-corrected chi connectivity index (χ0v) is 18.7. The van der Waals surface area contributed by atoms with Crippen molar-refractivity contribution in [1.82, 2.24) is 20.1 Å². The number of benzene rings is 2. The predicted molar refractivity (Wildman–Crippen MR) is 127 cm³/mol. The third kappa shape index (κ3) is 4.72. The van der Waals surface area contributed by atoms with Crippen LogP contribution in [0.3, 0.4) is 0 Å². The van der Waals surface area contributed by atoms with Crippen molar-refractivity contribution < 1.29 is 14.3 Å². The standard InChI is InChI=1S/C26H28N4O3/c1-32-21-6-8-22(9-7-21)33-13-11-20-15-25(29-28-20)18-10-12-30(17-18)26(31)14-19-16-27-24-5-3-2-4-23(19)24/h2-9,15-16,18,27H,10-14,17H2,1H3,(H,28,29)/t18-/m0/s1. The Kier molecular flexibility index (Phi) is 6.02. The Labute approximate surface area is 192 Å². The maximum absolute atomic E-state index is 12.9. The molecule has 1 amide bonds. The SMILES string of the molecule is COc1ccc(OCCc2cc([C@H]3CCN(C(=O)Cc4c[nH]c5ccccc45)C3)n[nH]2)cc1. The van der Waals surface area contributed by atoms with Gasteiger partial charge < -0.3 is 19.4 Å². The van der Waals surface area contributed by atoms with Crippen molar-refractivity contribution in [3.63, 3.8) is 0 Å². The molecular weight excluding hydrogens is 416 g/mol. The van der Waals surface area contributed by atoms with Crippen LogP contribution in [0.1, 0.15) is 29.3 Å². The molecule has 170 valence electrons. The summed E-state index contributed by atoms with van der Waals surface area (Å²) >= 11 is 0. The van der Waals surface area contributed by atoms with Crippen LogP contribution in [-0.2, 0) is 17.6 Å². The first-order valence-corrected chi connectivity index (χ1v) is 11.3. The fourth-order valence-electron chi connectivity index (χ4n) is 4.45. The monoisotopic (exact) mass is 444 g/mol. The van der Waals surface area contributed by atoms with Gasteiger partial charge >= 0.3 is 0 Å². The maximum Gasteiger partial charge on any atom is 0.227 e. The number of nitrogens with one attached hydrogen (secondary N) is 2. The van der Waals surface area contributed by atoms with Crippen molar-refractivity contribution in [2.24, 2.45) is 0 Å². The van der Waals surface area contributed by atoms with Crippen LogP contribution >= 0.6 is 0 Å². The summed E-state index contributed by atoms with van der Waals surface area (Å²) in [6.45, 7) is 2.05. The van der Waals surface area contributed by atoms with E-state index in [9.17, 15) is 4.79 Å². The number of H-pyrrole nitrogens is 2. The van der Waals surface area contributed by atoms with Gasteiger partial charge in [0.15, 0.2) is 0 Å². The Bertz CT molecular complexity index is 1230. The highest BCUT2D eigenvalue weighted by molar-refractivity contribution is 5.89. The minimum Gasteiger partial charge on any atom is -0.497 e. The maximum atomic E-state index is 12.9. The lowest BCUT2D eigenvalue weighted by atomic mass is 10.0. The van der Waals surface area contributed by atoms with Crippen molar-refractivity contribution >= 4 is 16.8 Å². The molecule has 0 radical (unpaired) electrons. The molecule has 0 aliphatic carbocycles. The Hall–Kier alpha value is -3.74. The Balaban J connectivity index is 1.12. The number of carbonyl (C=O) groups is 1. The summed E-state index contributed by atoms with van der Waals surface area (Å²) in [7, 11) is 1.65. The molecule has 33 heavy (non-hydrogen) atoms. The van der Waals surface area contributed by atoms with Gasteiger partial charge in [-0.2, -0.15) is 5.10 Å². The van der Waals surface area contributed by atoms with Gasteiger partial charge in [-0.05, 0) is 48.4 Å². The zero-order chi connectivity index (χ0) is 22.6. The molecule has 0 saturated carbocycles. The van der Waals surface area contributed by atoms with E-state index in [4.69, 9.17) is 9.47 Å². The van der Waals surface area contributed by atoms with E-state index in [-0.39, 0.29) is 11.8 Å². The van der Waals surface area contributed by atoms with Crippen LogP contribution in [0, 0.1) is 0 Å². The number of para-hydroxylation sites is 1. The smallest absolute Gasteiger partial charge is 0.227 e.